The monoisotopic (exact) mass is 262 g/mol. The molecule has 1 aromatic carbocycles. The van der Waals surface area contributed by atoms with Crippen molar-refractivity contribution in [2.24, 2.45) is 0 Å². The second-order valence-corrected chi connectivity index (χ2v) is 4.75. The molecule has 0 radical (unpaired) electrons. The van der Waals surface area contributed by atoms with E-state index in [4.69, 9.17) is 9.47 Å². The molecule has 106 valence electrons. The quantitative estimate of drug-likeness (QED) is 0.484. The van der Waals surface area contributed by atoms with Crippen molar-refractivity contribution in [2.75, 3.05) is 14.2 Å². The van der Waals surface area contributed by atoms with Crippen LogP contribution in [0.15, 0.2) is 30.3 Å². The van der Waals surface area contributed by atoms with Crippen LogP contribution in [-0.4, -0.2) is 20.5 Å². The van der Waals surface area contributed by atoms with Gasteiger partial charge >= 0.3 is 0 Å². The van der Waals surface area contributed by atoms with Crippen molar-refractivity contribution in [1.82, 2.24) is 0 Å². The Morgan fingerprint density at radius 1 is 1.00 bits per heavy atom. The molecule has 1 rings (SSSR count). The first-order valence-electron chi connectivity index (χ1n) is 7.13. The lowest BCUT2D eigenvalue weighted by Crippen LogP contribution is -2.08. The average molecular weight is 262 g/mol. The van der Waals surface area contributed by atoms with Gasteiger partial charge < -0.3 is 9.47 Å². The normalized spacial score (nSPS) is 11.6. The van der Waals surface area contributed by atoms with Crippen LogP contribution in [0, 0.1) is 0 Å². The Morgan fingerprint density at radius 2 is 1.68 bits per heavy atom. The smallest absolute Gasteiger partial charge is 0.176 e. The summed E-state index contributed by atoms with van der Waals surface area (Å²) in [6.07, 6.45) is 10.1. The van der Waals surface area contributed by atoms with Crippen molar-refractivity contribution in [2.45, 2.75) is 45.3 Å². The fourth-order valence-electron chi connectivity index (χ4n) is 1.99. The Morgan fingerprint density at radius 3 is 2.26 bits per heavy atom. The number of methoxy groups -OCH3 is 2. The number of hydrogen-bond donors (Lipinski definition) is 0. The number of rotatable bonds is 9. The predicted octanol–water partition coefficient (Wildman–Crippen LogP) is 4.44. The summed E-state index contributed by atoms with van der Waals surface area (Å²) >= 11 is 0. The summed E-state index contributed by atoms with van der Waals surface area (Å²) in [6.45, 7) is 2.24. The molecule has 2 nitrogen and oxygen atoms in total. The van der Waals surface area contributed by atoms with Crippen molar-refractivity contribution >= 4 is 6.08 Å². The van der Waals surface area contributed by atoms with Gasteiger partial charge in [-0.3, -0.25) is 0 Å². The zero-order valence-electron chi connectivity index (χ0n) is 12.4. The molecule has 0 aliphatic rings. The number of ether oxygens (including phenoxy) is 2. The molecular weight excluding hydrogens is 236 g/mol. The minimum atomic E-state index is -0.270. The summed E-state index contributed by atoms with van der Waals surface area (Å²) in [7, 11) is 3.27. The standard InChI is InChI=1S/C17H26O2/c1-4-5-6-7-8-15-9-11-16(12-10-15)13-14-17(18-2)19-3/h9-14,17H,4-8H2,1-3H3. The van der Waals surface area contributed by atoms with Gasteiger partial charge in [0.1, 0.15) is 0 Å². The molecule has 0 heterocycles. The number of hydrogen-bond acceptors (Lipinski definition) is 2. The molecule has 0 saturated heterocycles. The van der Waals surface area contributed by atoms with E-state index in [-0.39, 0.29) is 6.29 Å². The van der Waals surface area contributed by atoms with E-state index in [9.17, 15) is 0 Å². The summed E-state index contributed by atoms with van der Waals surface area (Å²) in [5.74, 6) is 0. The van der Waals surface area contributed by atoms with Gasteiger partial charge in [0.25, 0.3) is 0 Å². The first-order valence-corrected chi connectivity index (χ1v) is 7.13. The molecule has 0 saturated carbocycles. The van der Waals surface area contributed by atoms with Gasteiger partial charge in [-0.1, -0.05) is 56.5 Å². The third-order valence-corrected chi connectivity index (χ3v) is 3.21. The van der Waals surface area contributed by atoms with Crippen LogP contribution in [-0.2, 0) is 15.9 Å². The summed E-state index contributed by atoms with van der Waals surface area (Å²) in [4.78, 5) is 0. The van der Waals surface area contributed by atoms with E-state index in [1.165, 1.54) is 43.2 Å². The second-order valence-electron chi connectivity index (χ2n) is 4.75. The fourth-order valence-corrected chi connectivity index (χ4v) is 1.99. The Labute approximate surface area is 117 Å². The van der Waals surface area contributed by atoms with E-state index in [1.54, 1.807) is 14.2 Å². The van der Waals surface area contributed by atoms with Gasteiger partial charge in [-0.25, -0.2) is 0 Å². The summed E-state index contributed by atoms with van der Waals surface area (Å²) in [5, 5.41) is 0. The van der Waals surface area contributed by atoms with Crippen LogP contribution in [0.3, 0.4) is 0 Å². The molecule has 0 N–H and O–H groups in total. The molecule has 0 atom stereocenters. The van der Waals surface area contributed by atoms with Crippen molar-refractivity contribution in [3.05, 3.63) is 41.5 Å². The Kier molecular flexibility index (Phi) is 8.19. The van der Waals surface area contributed by atoms with Crippen molar-refractivity contribution in [3.8, 4) is 0 Å². The molecule has 0 aliphatic heterocycles. The van der Waals surface area contributed by atoms with E-state index in [0.29, 0.717) is 0 Å². The molecule has 0 unspecified atom stereocenters. The Hall–Kier alpha value is -1.12. The van der Waals surface area contributed by atoms with E-state index in [0.717, 1.165) is 0 Å². The molecule has 2 heteroatoms. The molecule has 0 spiro atoms. The van der Waals surface area contributed by atoms with Gasteiger partial charge in [-0.05, 0) is 30.0 Å². The molecule has 0 aromatic heterocycles. The van der Waals surface area contributed by atoms with Gasteiger partial charge in [0.2, 0.25) is 0 Å². The third-order valence-electron chi connectivity index (χ3n) is 3.21. The van der Waals surface area contributed by atoms with Gasteiger partial charge in [0.15, 0.2) is 6.29 Å². The second kappa shape index (κ2) is 9.76. The molecule has 1 aromatic rings. The zero-order chi connectivity index (χ0) is 13.9. The minimum Gasteiger partial charge on any atom is -0.352 e. The maximum Gasteiger partial charge on any atom is 0.176 e. The van der Waals surface area contributed by atoms with E-state index in [1.807, 2.05) is 12.2 Å². The minimum absolute atomic E-state index is 0.270. The average Bonchev–Trinajstić information content (AvgIpc) is 2.46. The molecule has 0 amide bonds. The molecule has 19 heavy (non-hydrogen) atoms. The van der Waals surface area contributed by atoms with Gasteiger partial charge in [0, 0.05) is 14.2 Å². The van der Waals surface area contributed by atoms with E-state index >= 15 is 0 Å². The lowest BCUT2D eigenvalue weighted by atomic mass is 10.0. The van der Waals surface area contributed by atoms with Crippen LogP contribution in [0.2, 0.25) is 0 Å². The van der Waals surface area contributed by atoms with Crippen molar-refractivity contribution in [1.29, 1.82) is 0 Å². The largest absolute Gasteiger partial charge is 0.352 e. The molecule has 0 bridgehead atoms. The molecular formula is C17H26O2. The van der Waals surface area contributed by atoms with Gasteiger partial charge in [0.05, 0.1) is 0 Å². The molecule has 0 fully saturated rings. The maximum atomic E-state index is 5.11. The zero-order valence-corrected chi connectivity index (χ0v) is 12.4. The highest BCUT2D eigenvalue weighted by molar-refractivity contribution is 5.50. The third kappa shape index (κ3) is 6.55. The lowest BCUT2D eigenvalue weighted by molar-refractivity contribution is -0.0660. The predicted molar refractivity (Wildman–Crippen MR) is 81.1 cm³/mol. The van der Waals surface area contributed by atoms with Crippen LogP contribution in [0.1, 0.15) is 43.7 Å². The summed E-state index contributed by atoms with van der Waals surface area (Å²) < 4.78 is 10.2. The summed E-state index contributed by atoms with van der Waals surface area (Å²) in [5.41, 5.74) is 2.60. The highest BCUT2D eigenvalue weighted by atomic mass is 16.7. The number of benzene rings is 1. The first kappa shape index (κ1) is 15.9. The highest BCUT2D eigenvalue weighted by Gasteiger charge is 1.98. The van der Waals surface area contributed by atoms with Crippen LogP contribution in [0.25, 0.3) is 6.08 Å². The SMILES string of the molecule is CCCCCCc1ccc(C=CC(OC)OC)cc1. The number of aryl methyl sites for hydroxylation is 1. The Bertz CT molecular complexity index is 350. The Balaban J connectivity index is 2.42. The van der Waals surface area contributed by atoms with Crippen molar-refractivity contribution < 1.29 is 9.47 Å². The van der Waals surface area contributed by atoms with Crippen LogP contribution < -0.4 is 0 Å². The van der Waals surface area contributed by atoms with E-state index < -0.39 is 0 Å². The maximum absolute atomic E-state index is 5.11. The van der Waals surface area contributed by atoms with Crippen LogP contribution in [0.5, 0.6) is 0 Å². The number of unbranched alkanes of at least 4 members (excludes halogenated alkanes) is 3. The molecule has 0 aliphatic carbocycles. The van der Waals surface area contributed by atoms with Crippen LogP contribution >= 0.6 is 0 Å². The van der Waals surface area contributed by atoms with Crippen molar-refractivity contribution in [3.63, 3.8) is 0 Å². The van der Waals surface area contributed by atoms with E-state index in [2.05, 4.69) is 31.2 Å². The lowest BCUT2D eigenvalue weighted by Gasteiger charge is -2.07. The van der Waals surface area contributed by atoms with Gasteiger partial charge in [-0.2, -0.15) is 0 Å². The highest BCUT2D eigenvalue weighted by Crippen LogP contribution is 2.11. The fraction of sp³-hybridized carbons (Fsp3) is 0.529. The van der Waals surface area contributed by atoms with Gasteiger partial charge in [-0.15, -0.1) is 0 Å². The topological polar surface area (TPSA) is 18.5 Å². The van der Waals surface area contributed by atoms with Crippen LogP contribution in [0.4, 0.5) is 0 Å². The first-order chi connectivity index (χ1) is 9.30. The summed E-state index contributed by atoms with van der Waals surface area (Å²) in [6, 6.07) is 8.71.